The van der Waals surface area contributed by atoms with E-state index in [2.05, 4.69) is 5.32 Å². The summed E-state index contributed by atoms with van der Waals surface area (Å²) in [6, 6.07) is 12.8. The Bertz CT molecular complexity index is 1050. The molecule has 5 nitrogen and oxygen atoms in total. The van der Waals surface area contributed by atoms with E-state index in [0.29, 0.717) is 35.8 Å². The number of fused-ring (bicyclic) bond motifs is 1. The molecule has 4 rings (SSSR count). The van der Waals surface area contributed by atoms with Crippen LogP contribution in [-0.4, -0.2) is 31.7 Å². The van der Waals surface area contributed by atoms with Crippen molar-refractivity contribution in [3.63, 3.8) is 0 Å². The molecule has 0 bridgehead atoms. The smallest absolute Gasteiger partial charge is 0.243 e. The van der Waals surface area contributed by atoms with E-state index in [1.54, 1.807) is 12.1 Å². The highest BCUT2D eigenvalue weighted by Gasteiger charge is 2.33. The van der Waals surface area contributed by atoms with Gasteiger partial charge in [-0.2, -0.15) is 4.31 Å². The number of aryl methyl sites for hydroxylation is 2. The van der Waals surface area contributed by atoms with Crippen molar-refractivity contribution >= 4 is 27.5 Å². The van der Waals surface area contributed by atoms with Crippen molar-refractivity contribution < 1.29 is 13.2 Å². The molecule has 1 atom stereocenters. The van der Waals surface area contributed by atoms with E-state index in [4.69, 9.17) is 11.6 Å². The van der Waals surface area contributed by atoms with Gasteiger partial charge in [-0.25, -0.2) is 8.42 Å². The minimum atomic E-state index is -3.52. The molecular weight excluding hydrogens is 420 g/mol. The number of halogens is 1. The third kappa shape index (κ3) is 4.41. The molecule has 0 saturated carbocycles. The Morgan fingerprint density at radius 1 is 1.10 bits per heavy atom. The average molecular weight is 447 g/mol. The predicted octanol–water partition coefficient (Wildman–Crippen LogP) is 4.11. The minimum absolute atomic E-state index is 0.0305. The third-order valence-electron chi connectivity index (χ3n) is 6.24. The van der Waals surface area contributed by atoms with Crippen LogP contribution in [-0.2, 0) is 27.7 Å². The standard InChI is InChI=1S/C23H27ClN2O3S/c1-16(19-5-3-7-21(24)14-19)25-23(27)18-10-12-26(13-11-18)30(28,29)22-9-8-17-4-2-6-20(17)15-22/h3,5,7-9,14-16,18H,2,4,6,10-13H2,1H3,(H,25,27)/t16-/m0/s1. The monoisotopic (exact) mass is 446 g/mol. The first-order valence-corrected chi connectivity index (χ1v) is 12.3. The summed E-state index contributed by atoms with van der Waals surface area (Å²) in [6.07, 6.45) is 4.12. The van der Waals surface area contributed by atoms with Crippen LogP contribution in [0.15, 0.2) is 47.4 Å². The number of rotatable bonds is 5. The molecule has 1 aliphatic carbocycles. The maximum atomic E-state index is 13.1. The quantitative estimate of drug-likeness (QED) is 0.751. The van der Waals surface area contributed by atoms with Crippen molar-refractivity contribution in [1.82, 2.24) is 9.62 Å². The molecule has 30 heavy (non-hydrogen) atoms. The lowest BCUT2D eigenvalue weighted by Gasteiger charge is -2.31. The van der Waals surface area contributed by atoms with Gasteiger partial charge in [-0.05, 0) is 80.0 Å². The number of hydrogen-bond donors (Lipinski definition) is 1. The van der Waals surface area contributed by atoms with Gasteiger partial charge in [-0.1, -0.05) is 29.8 Å². The summed E-state index contributed by atoms with van der Waals surface area (Å²) in [4.78, 5) is 13.1. The first-order chi connectivity index (χ1) is 14.3. The number of carbonyl (C=O) groups excluding carboxylic acids is 1. The van der Waals surface area contributed by atoms with Gasteiger partial charge in [0, 0.05) is 24.0 Å². The van der Waals surface area contributed by atoms with E-state index in [9.17, 15) is 13.2 Å². The Kier molecular flexibility index (Phi) is 6.19. The summed E-state index contributed by atoms with van der Waals surface area (Å²) in [5.41, 5.74) is 3.37. The van der Waals surface area contributed by atoms with E-state index in [0.717, 1.165) is 30.4 Å². The van der Waals surface area contributed by atoms with Crippen molar-refractivity contribution in [3.05, 3.63) is 64.2 Å². The number of benzene rings is 2. The number of carbonyl (C=O) groups is 1. The fraction of sp³-hybridized carbons (Fsp3) is 0.435. The van der Waals surface area contributed by atoms with Crippen molar-refractivity contribution in [2.45, 2.75) is 50.0 Å². The fourth-order valence-corrected chi connectivity index (χ4v) is 6.13. The molecule has 160 valence electrons. The Morgan fingerprint density at radius 3 is 2.57 bits per heavy atom. The van der Waals surface area contributed by atoms with E-state index < -0.39 is 10.0 Å². The molecule has 0 spiro atoms. The third-order valence-corrected chi connectivity index (χ3v) is 8.37. The number of amides is 1. The molecule has 1 fully saturated rings. The highest BCUT2D eigenvalue weighted by molar-refractivity contribution is 7.89. The van der Waals surface area contributed by atoms with Gasteiger partial charge in [-0.15, -0.1) is 0 Å². The molecule has 1 saturated heterocycles. The Hall–Kier alpha value is -1.89. The van der Waals surface area contributed by atoms with E-state index in [1.165, 1.54) is 9.87 Å². The van der Waals surface area contributed by atoms with Crippen molar-refractivity contribution in [3.8, 4) is 0 Å². The highest BCUT2D eigenvalue weighted by Crippen LogP contribution is 2.29. The fourth-order valence-electron chi connectivity index (χ4n) is 4.41. The number of hydrogen-bond acceptors (Lipinski definition) is 3. The van der Waals surface area contributed by atoms with Crippen LogP contribution in [0.4, 0.5) is 0 Å². The normalized spacial score (nSPS) is 18.7. The predicted molar refractivity (Wildman–Crippen MR) is 118 cm³/mol. The number of nitrogens with zero attached hydrogens (tertiary/aromatic N) is 1. The molecule has 1 aliphatic heterocycles. The first-order valence-electron chi connectivity index (χ1n) is 10.5. The van der Waals surface area contributed by atoms with Crippen LogP contribution in [0.1, 0.15) is 48.9 Å². The summed E-state index contributed by atoms with van der Waals surface area (Å²) in [5.74, 6) is -0.213. The summed E-state index contributed by atoms with van der Waals surface area (Å²) >= 11 is 6.04. The zero-order valence-corrected chi connectivity index (χ0v) is 18.7. The number of nitrogens with one attached hydrogen (secondary N) is 1. The zero-order chi connectivity index (χ0) is 21.3. The summed E-state index contributed by atoms with van der Waals surface area (Å²) in [7, 11) is -3.52. The molecule has 2 aromatic rings. The second-order valence-electron chi connectivity index (χ2n) is 8.25. The molecule has 0 unspecified atom stereocenters. The summed E-state index contributed by atoms with van der Waals surface area (Å²) in [5, 5.41) is 3.68. The van der Waals surface area contributed by atoms with Crippen LogP contribution in [0.2, 0.25) is 5.02 Å². The van der Waals surface area contributed by atoms with Crippen LogP contribution in [0.5, 0.6) is 0 Å². The van der Waals surface area contributed by atoms with Crippen molar-refractivity contribution in [2.24, 2.45) is 5.92 Å². The topological polar surface area (TPSA) is 66.5 Å². The second kappa shape index (κ2) is 8.69. The van der Waals surface area contributed by atoms with Gasteiger partial charge in [0.05, 0.1) is 10.9 Å². The Morgan fingerprint density at radius 2 is 1.83 bits per heavy atom. The van der Waals surface area contributed by atoms with E-state index >= 15 is 0 Å². The van der Waals surface area contributed by atoms with Gasteiger partial charge in [0.15, 0.2) is 0 Å². The molecule has 2 aliphatic rings. The van der Waals surface area contributed by atoms with Crippen LogP contribution >= 0.6 is 11.6 Å². The van der Waals surface area contributed by atoms with E-state index in [-0.39, 0.29) is 17.9 Å². The summed E-state index contributed by atoms with van der Waals surface area (Å²) in [6.45, 7) is 2.66. The second-order valence-corrected chi connectivity index (χ2v) is 10.6. The molecule has 1 heterocycles. The molecule has 2 aromatic carbocycles. The molecule has 1 N–H and O–H groups in total. The summed E-state index contributed by atoms with van der Waals surface area (Å²) < 4.78 is 27.7. The average Bonchev–Trinajstić information content (AvgIpc) is 3.21. The van der Waals surface area contributed by atoms with Gasteiger partial charge in [0.2, 0.25) is 15.9 Å². The van der Waals surface area contributed by atoms with Gasteiger partial charge in [0.1, 0.15) is 0 Å². The molecule has 0 aromatic heterocycles. The SMILES string of the molecule is C[C@H](NC(=O)C1CCN(S(=O)(=O)c2ccc3c(c2)CCC3)CC1)c1cccc(Cl)c1. The van der Waals surface area contributed by atoms with Crippen LogP contribution < -0.4 is 5.32 Å². The lowest BCUT2D eigenvalue weighted by atomic mass is 9.96. The van der Waals surface area contributed by atoms with Gasteiger partial charge in [-0.3, -0.25) is 4.79 Å². The first kappa shape index (κ1) is 21.3. The lowest BCUT2D eigenvalue weighted by molar-refractivity contribution is -0.126. The van der Waals surface area contributed by atoms with Crippen LogP contribution in [0, 0.1) is 5.92 Å². The molecule has 0 radical (unpaired) electrons. The van der Waals surface area contributed by atoms with E-state index in [1.807, 2.05) is 37.3 Å². The lowest BCUT2D eigenvalue weighted by Crippen LogP contribution is -2.43. The van der Waals surface area contributed by atoms with Crippen molar-refractivity contribution in [2.75, 3.05) is 13.1 Å². The molecule has 7 heteroatoms. The van der Waals surface area contributed by atoms with Crippen LogP contribution in [0.25, 0.3) is 0 Å². The number of piperidine rings is 1. The van der Waals surface area contributed by atoms with Gasteiger partial charge < -0.3 is 5.32 Å². The minimum Gasteiger partial charge on any atom is -0.349 e. The maximum absolute atomic E-state index is 13.1. The Labute approximate surface area is 183 Å². The number of sulfonamides is 1. The molecule has 1 amide bonds. The highest BCUT2D eigenvalue weighted by atomic mass is 35.5. The maximum Gasteiger partial charge on any atom is 0.243 e. The van der Waals surface area contributed by atoms with Gasteiger partial charge >= 0.3 is 0 Å². The van der Waals surface area contributed by atoms with Crippen molar-refractivity contribution in [1.29, 1.82) is 0 Å². The van der Waals surface area contributed by atoms with Gasteiger partial charge in [0.25, 0.3) is 0 Å². The van der Waals surface area contributed by atoms with Crippen LogP contribution in [0.3, 0.4) is 0 Å². The molecular formula is C23H27ClN2O3S. The Balaban J connectivity index is 1.36. The largest absolute Gasteiger partial charge is 0.349 e. The zero-order valence-electron chi connectivity index (χ0n) is 17.1.